The van der Waals surface area contributed by atoms with Crippen molar-refractivity contribution < 1.29 is 19.4 Å². The molecule has 30 heavy (non-hydrogen) atoms. The SMILES string of the molecule is COc1ccc(-c2csc(CNC(=O)C3(CC(=O)O)Cc4ccccc4C3)n2)cc1. The van der Waals surface area contributed by atoms with Gasteiger partial charge in [0.1, 0.15) is 10.8 Å². The predicted octanol–water partition coefficient (Wildman–Crippen LogP) is 3.69. The molecule has 3 aromatic rings. The zero-order valence-electron chi connectivity index (χ0n) is 16.6. The van der Waals surface area contributed by atoms with Crippen LogP contribution in [-0.2, 0) is 29.0 Å². The Hall–Kier alpha value is -3.19. The van der Waals surface area contributed by atoms with Crippen LogP contribution in [0, 0.1) is 5.41 Å². The fourth-order valence-corrected chi connectivity index (χ4v) is 4.72. The van der Waals surface area contributed by atoms with Crippen molar-refractivity contribution in [3.8, 4) is 17.0 Å². The molecule has 0 bridgehead atoms. The number of carboxylic acids is 1. The maximum absolute atomic E-state index is 13.1. The first-order valence-corrected chi connectivity index (χ1v) is 10.5. The number of nitrogens with zero attached hydrogens (tertiary/aromatic N) is 1. The van der Waals surface area contributed by atoms with Crippen LogP contribution in [-0.4, -0.2) is 29.1 Å². The van der Waals surface area contributed by atoms with Crippen molar-refractivity contribution in [2.24, 2.45) is 5.41 Å². The molecule has 4 rings (SSSR count). The van der Waals surface area contributed by atoms with Crippen molar-refractivity contribution in [3.63, 3.8) is 0 Å². The number of carbonyl (C=O) groups excluding carboxylic acids is 1. The molecule has 0 saturated carbocycles. The molecule has 1 aromatic heterocycles. The van der Waals surface area contributed by atoms with Gasteiger partial charge in [-0.05, 0) is 48.2 Å². The standard InChI is InChI=1S/C23H22N2O4S/c1-29-18-8-6-15(7-9-18)19-14-30-20(25-19)13-24-22(28)23(12-21(26)27)10-16-4-2-3-5-17(16)11-23/h2-9,14H,10-13H2,1H3,(H,24,28)(H,26,27). The van der Waals surface area contributed by atoms with Gasteiger partial charge >= 0.3 is 5.97 Å². The van der Waals surface area contributed by atoms with Gasteiger partial charge in [0.05, 0.1) is 31.2 Å². The second kappa shape index (κ2) is 8.28. The number of hydrogen-bond donors (Lipinski definition) is 2. The minimum absolute atomic E-state index is 0.192. The van der Waals surface area contributed by atoms with E-state index < -0.39 is 11.4 Å². The van der Waals surface area contributed by atoms with Gasteiger partial charge in [-0.15, -0.1) is 11.3 Å². The second-order valence-corrected chi connectivity index (χ2v) is 8.45. The molecule has 1 aliphatic rings. The molecule has 0 spiro atoms. The lowest BCUT2D eigenvalue weighted by molar-refractivity contribution is -0.145. The highest BCUT2D eigenvalue weighted by atomic mass is 32.1. The number of rotatable bonds is 7. The molecule has 0 atom stereocenters. The lowest BCUT2D eigenvalue weighted by atomic mass is 9.80. The van der Waals surface area contributed by atoms with Crippen molar-refractivity contribution >= 4 is 23.2 Å². The van der Waals surface area contributed by atoms with Gasteiger partial charge in [0.2, 0.25) is 5.91 Å². The first-order valence-electron chi connectivity index (χ1n) is 9.65. The van der Waals surface area contributed by atoms with Crippen molar-refractivity contribution in [2.75, 3.05) is 7.11 Å². The first-order chi connectivity index (χ1) is 14.5. The average Bonchev–Trinajstić information content (AvgIpc) is 3.36. The van der Waals surface area contributed by atoms with Gasteiger partial charge in [0.25, 0.3) is 0 Å². The van der Waals surface area contributed by atoms with Crippen LogP contribution in [0.2, 0.25) is 0 Å². The highest BCUT2D eigenvalue weighted by Gasteiger charge is 2.45. The fraction of sp³-hybridized carbons (Fsp3) is 0.261. The van der Waals surface area contributed by atoms with Crippen LogP contribution >= 0.6 is 11.3 Å². The third-order valence-electron chi connectivity index (χ3n) is 5.49. The van der Waals surface area contributed by atoms with E-state index in [2.05, 4.69) is 10.3 Å². The number of thiazole rings is 1. The molecule has 7 heteroatoms. The molecule has 0 saturated heterocycles. The van der Waals surface area contributed by atoms with E-state index in [-0.39, 0.29) is 18.9 Å². The van der Waals surface area contributed by atoms with Crippen LogP contribution in [0.5, 0.6) is 5.75 Å². The van der Waals surface area contributed by atoms with Crippen molar-refractivity contribution in [3.05, 3.63) is 70.0 Å². The molecule has 0 radical (unpaired) electrons. The number of aliphatic carboxylic acids is 1. The molecule has 0 unspecified atom stereocenters. The summed E-state index contributed by atoms with van der Waals surface area (Å²) in [6.45, 7) is 0.275. The van der Waals surface area contributed by atoms with E-state index >= 15 is 0 Å². The molecule has 2 aromatic carbocycles. The summed E-state index contributed by atoms with van der Waals surface area (Å²) in [7, 11) is 1.62. The van der Waals surface area contributed by atoms with Crippen molar-refractivity contribution in [2.45, 2.75) is 25.8 Å². The summed E-state index contributed by atoms with van der Waals surface area (Å²) >= 11 is 1.47. The average molecular weight is 423 g/mol. The number of aromatic nitrogens is 1. The van der Waals surface area contributed by atoms with E-state index in [1.54, 1.807) is 7.11 Å². The van der Waals surface area contributed by atoms with Crippen LogP contribution in [0.3, 0.4) is 0 Å². The summed E-state index contributed by atoms with van der Waals surface area (Å²) in [6.07, 6.45) is 0.690. The number of ether oxygens (including phenoxy) is 1. The Kier molecular flexibility index (Phi) is 5.55. The van der Waals surface area contributed by atoms with Gasteiger partial charge in [-0.1, -0.05) is 24.3 Å². The lowest BCUT2D eigenvalue weighted by Gasteiger charge is -2.25. The molecule has 2 N–H and O–H groups in total. The monoisotopic (exact) mass is 422 g/mol. The summed E-state index contributed by atoms with van der Waals surface area (Å²) in [5.74, 6) is -0.418. The van der Waals surface area contributed by atoms with Gasteiger partial charge < -0.3 is 15.2 Å². The minimum Gasteiger partial charge on any atom is -0.497 e. The Morgan fingerprint density at radius 1 is 1.13 bits per heavy atom. The van der Waals surface area contributed by atoms with Crippen molar-refractivity contribution in [1.29, 1.82) is 0 Å². The summed E-state index contributed by atoms with van der Waals surface area (Å²) in [6, 6.07) is 15.4. The maximum Gasteiger partial charge on any atom is 0.304 e. The van der Waals surface area contributed by atoms with E-state index in [0.717, 1.165) is 33.1 Å². The highest BCUT2D eigenvalue weighted by Crippen LogP contribution is 2.40. The molecule has 1 amide bonds. The number of carbonyl (C=O) groups is 2. The summed E-state index contributed by atoms with van der Waals surface area (Å²) in [5, 5.41) is 15.1. The van der Waals surface area contributed by atoms with E-state index in [9.17, 15) is 14.7 Å². The molecule has 1 aliphatic carbocycles. The van der Waals surface area contributed by atoms with Crippen LogP contribution in [0.4, 0.5) is 0 Å². The molecule has 1 heterocycles. The molecule has 6 nitrogen and oxygen atoms in total. The van der Waals surface area contributed by atoms with Gasteiger partial charge in [0, 0.05) is 10.9 Å². The van der Waals surface area contributed by atoms with Crippen LogP contribution in [0.1, 0.15) is 22.6 Å². The van der Waals surface area contributed by atoms with Gasteiger partial charge in [-0.3, -0.25) is 9.59 Å². The number of nitrogens with one attached hydrogen (secondary N) is 1. The van der Waals surface area contributed by atoms with Crippen LogP contribution in [0.15, 0.2) is 53.9 Å². The number of methoxy groups -OCH3 is 1. The fourth-order valence-electron chi connectivity index (χ4n) is 3.98. The summed E-state index contributed by atoms with van der Waals surface area (Å²) in [4.78, 5) is 29.2. The van der Waals surface area contributed by atoms with E-state index in [4.69, 9.17) is 4.74 Å². The summed E-state index contributed by atoms with van der Waals surface area (Å²) < 4.78 is 5.18. The van der Waals surface area contributed by atoms with Crippen LogP contribution < -0.4 is 10.1 Å². The van der Waals surface area contributed by atoms with Crippen LogP contribution in [0.25, 0.3) is 11.3 Å². The van der Waals surface area contributed by atoms with E-state index in [1.807, 2.05) is 53.9 Å². The number of benzene rings is 2. The quantitative estimate of drug-likeness (QED) is 0.606. The Bertz CT molecular complexity index is 1050. The normalized spacial score (nSPS) is 14.2. The maximum atomic E-state index is 13.1. The molecular weight excluding hydrogens is 400 g/mol. The molecule has 154 valence electrons. The van der Waals surface area contributed by atoms with E-state index in [0.29, 0.717) is 12.8 Å². The number of hydrogen-bond acceptors (Lipinski definition) is 5. The number of carboxylic acid groups (broad SMARTS) is 1. The third kappa shape index (κ3) is 4.07. The predicted molar refractivity (Wildman–Crippen MR) is 114 cm³/mol. The van der Waals surface area contributed by atoms with Gasteiger partial charge in [0.15, 0.2) is 0 Å². The smallest absolute Gasteiger partial charge is 0.304 e. The zero-order valence-corrected chi connectivity index (χ0v) is 17.4. The lowest BCUT2D eigenvalue weighted by Crippen LogP contribution is -2.43. The molecule has 0 fully saturated rings. The topological polar surface area (TPSA) is 88.5 Å². The summed E-state index contributed by atoms with van der Waals surface area (Å²) in [5.41, 5.74) is 2.94. The number of fused-ring (bicyclic) bond motifs is 1. The zero-order chi connectivity index (χ0) is 21.1. The van der Waals surface area contributed by atoms with Crippen molar-refractivity contribution in [1.82, 2.24) is 10.3 Å². The Balaban J connectivity index is 1.45. The highest BCUT2D eigenvalue weighted by molar-refractivity contribution is 7.09. The largest absolute Gasteiger partial charge is 0.497 e. The third-order valence-corrected chi connectivity index (χ3v) is 6.33. The van der Waals surface area contributed by atoms with Gasteiger partial charge in [-0.2, -0.15) is 0 Å². The van der Waals surface area contributed by atoms with E-state index in [1.165, 1.54) is 11.3 Å². The molecular formula is C23H22N2O4S. The molecule has 0 aliphatic heterocycles. The first kappa shape index (κ1) is 20.1. The number of amides is 1. The minimum atomic E-state index is -0.964. The second-order valence-electron chi connectivity index (χ2n) is 7.51. The Morgan fingerprint density at radius 3 is 2.40 bits per heavy atom. The van der Waals surface area contributed by atoms with Gasteiger partial charge in [-0.25, -0.2) is 4.98 Å². The Morgan fingerprint density at radius 2 is 1.80 bits per heavy atom. The Labute approximate surface area is 178 Å².